The van der Waals surface area contributed by atoms with Gasteiger partial charge in [-0.15, -0.1) is 11.3 Å². The van der Waals surface area contributed by atoms with Gasteiger partial charge in [-0.3, -0.25) is 0 Å². The van der Waals surface area contributed by atoms with E-state index in [4.69, 9.17) is 4.74 Å². The highest BCUT2D eigenvalue weighted by molar-refractivity contribution is 7.91. The van der Waals surface area contributed by atoms with Crippen LogP contribution in [0.4, 0.5) is 0 Å². The van der Waals surface area contributed by atoms with E-state index in [1.807, 2.05) is 13.0 Å². The number of nitrogens with zero attached hydrogens (tertiary/aromatic N) is 1. The van der Waals surface area contributed by atoms with E-state index >= 15 is 0 Å². The zero-order chi connectivity index (χ0) is 15.7. The predicted molar refractivity (Wildman–Crippen MR) is 87.5 cm³/mol. The minimum atomic E-state index is -3.39. The van der Waals surface area contributed by atoms with E-state index in [1.165, 1.54) is 15.6 Å². The lowest BCUT2D eigenvalue weighted by atomic mass is 10.3. The van der Waals surface area contributed by atoms with Gasteiger partial charge in [-0.1, -0.05) is 13.8 Å². The van der Waals surface area contributed by atoms with Crippen LogP contribution in [0.5, 0.6) is 0 Å². The van der Waals surface area contributed by atoms with Gasteiger partial charge in [0.1, 0.15) is 4.21 Å². The third kappa shape index (κ3) is 5.67. The maximum atomic E-state index is 12.5. The summed E-state index contributed by atoms with van der Waals surface area (Å²) in [5, 5.41) is 3.32. The molecule has 0 amide bonds. The Hall–Kier alpha value is -0.470. The maximum Gasteiger partial charge on any atom is 0.252 e. The van der Waals surface area contributed by atoms with E-state index in [0.717, 1.165) is 30.8 Å². The third-order valence-electron chi connectivity index (χ3n) is 3.10. The van der Waals surface area contributed by atoms with Gasteiger partial charge in [-0.05, 0) is 38.1 Å². The highest BCUT2D eigenvalue weighted by Crippen LogP contribution is 2.25. The number of thiophene rings is 1. The van der Waals surface area contributed by atoms with E-state index in [2.05, 4.69) is 12.2 Å². The van der Waals surface area contributed by atoms with Crippen molar-refractivity contribution in [3.8, 4) is 0 Å². The van der Waals surface area contributed by atoms with Gasteiger partial charge >= 0.3 is 0 Å². The SMILES string of the molecule is CCCNCCc1ccc(S(=O)(=O)N(CC)CCOC)s1. The number of sulfonamides is 1. The van der Waals surface area contributed by atoms with Crippen molar-refractivity contribution in [2.24, 2.45) is 0 Å². The van der Waals surface area contributed by atoms with Crippen LogP contribution in [-0.2, 0) is 21.2 Å². The lowest BCUT2D eigenvalue weighted by Gasteiger charge is -2.18. The fourth-order valence-corrected chi connectivity index (χ4v) is 4.86. The first-order chi connectivity index (χ1) is 10.1. The number of hydrogen-bond acceptors (Lipinski definition) is 5. The Labute approximate surface area is 132 Å². The van der Waals surface area contributed by atoms with Gasteiger partial charge in [0.2, 0.25) is 0 Å². The van der Waals surface area contributed by atoms with Crippen molar-refractivity contribution >= 4 is 21.4 Å². The van der Waals surface area contributed by atoms with Crippen molar-refractivity contribution in [2.75, 3.05) is 39.9 Å². The summed E-state index contributed by atoms with van der Waals surface area (Å²) in [6.07, 6.45) is 1.97. The largest absolute Gasteiger partial charge is 0.383 e. The molecule has 5 nitrogen and oxygen atoms in total. The van der Waals surface area contributed by atoms with Crippen LogP contribution in [0.3, 0.4) is 0 Å². The average Bonchev–Trinajstić information content (AvgIpc) is 2.94. The van der Waals surface area contributed by atoms with Gasteiger partial charge in [-0.2, -0.15) is 4.31 Å². The number of ether oxygens (including phenoxy) is 1. The minimum absolute atomic E-state index is 0.390. The molecule has 1 rings (SSSR count). The zero-order valence-electron chi connectivity index (χ0n) is 13.1. The molecule has 0 spiro atoms. The predicted octanol–water partition coefficient (Wildman–Crippen LogP) is 1.95. The smallest absolute Gasteiger partial charge is 0.252 e. The molecule has 1 N–H and O–H groups in total. The Morgan fingerprint density at radius 1 is 1.29 bits per heavy atom. The van der Waals surface area contributed by atoms with Crippen molar-refractivity contribution in [1.82, 2.24) is 9.62 Å². The van der Waals surface area contributed by atoms with Crippen molar-refractivity contribution < 1.29 is 13.2 Å². The molecule has 0 saturated carbocycles. The zero-order valence-corrected chi connectivity index (χ0v) is 14.7. The van der Waals surface area contributed by atoms with Gasteiger partial charge in [0.15, 0.2) is 0 Å². The fraction of sp³-hybridized carbons (Fsp3) is 0.714. The summed E-state index contributed by atoms with van der Waals surface area (Å²) in [4.78, 5) is 1.10. The average molecular weight is 335 g/mol. The molecular weight excluding hydrogens is 308 g/mol. The van der Waals surface area contributed by atoms with E-state index in [-0.39, 0.29) is 0 Å². The van der Waals surface area contributed by atoms with Crippen LogP contribution in [0.15, 0.2) is 16.3 Å². The number of nitrogens with one attached hydrogen (secondary N) is 1. The van der Waals surface area contributed by atoms with Crippen LogP contribution in [0, 0.1) is 0 Å². The van der Waals surface area contributed by atoms with Gasteiger partial charge in [-0.25, -0.2) is 8.42 Å². The minimum Gasteiger partial charge on any atom is -0.383 e. The summed E-state index contributed by atoms with van der Waals surface area (Å²) in [7, 11) is -1.81. The molecule has 0 aliphatic carbocycles. The first-order valence-corrected chi connectivity index (χ1v) is 9.60. The molecule has 0 radical (unpaired) electrons. The topological polar surface area (TPSA) is 58.6 Å². The summed E-state index contributed by atoms with van der Waals surface area (Å²) >= 11 is 1.36. The highest BCUT2D eigenvalue weighted by atomic mass is 32.2. The summed E-state index contributed by atoms with van der Waals surface area (Å²) in [6.45, 7) is 7.11. The molecule has 0 fully saturated rings. The van der Waals surface area contributed by atoms with Crippen molar-refractivity contribution in [1.29, 1.82) is 0 Å². The Morgan fingerprint density at radius 2 is 2.05 bits per heavy atom. The molecule has 21 heavy (non-hydrogen) atoms. The van der Waals surface area contributed by atoms with Crippen LogP contribution in [-0.4, -0.2) is 52.6 Å². The summed E-state index contributed by atoms with van der Waals surface area (Å²) < 4.78 is 31.9. The first kappa shape index (κ1) is 18.6. The molecule has 0 unspecified atom stereocenters. The Kier molecular flexibility index (Phi) is 8.43. The second-order valence-electron chi connectivity index (χ2n) is 4.71. The Morgan fingerprint density at radius 3 is 2.67 bits per heavy atom. The summed E-state index contributed by atoms with van der Waals surface area (Å²) in [5.41, 5.74) is 0. The van der Waals surface area contributed by atoms with Crippen LogP contribution < -0.4 is 5.32 Å². The molecule has 0 bridgehead atoms. The fourth-order valence-electron chi connectivity index (χ4n) is 1.91. The quantitative estimate of drug-likeness (QED) is 0.628. The van der Waals surface area contributed by atoms with Crippen LogP contribution in [0.2, 0.25) is 0 Å². The molecule has 1 heterocycles. The molecule has 0 atom stereocenters. The summed E-state index contributed by atoms with van der Waals surface area (Å²) in [5.74, 6) is 0. The number of rotatable bonds is 11. The molecule has 0 aliphatic heterocycles. The van der Waals surface area contributed by atoms with Crippen LogP contribution in [0.25, 0.3) is 0 Å². The van der Waals surface area contributed by atoms with Crippen molar-refractivity contribution in [3.05, 3.63) is 17.0 Å². The molecule has 0 aromatic carbocycles. The monoisotopic (exact) mass is 334 g/mol. The Balaban J connectivity index is 2.68. The van der Waals surface area contributed by atoms with E-state index in [0.29, 0.717) is 23.9 Å². The Bertz CT molecular complexity index is 500. The van der Waals surface area contributed by atoms with Crippen molar-refractivity contribution in [3.63, 3.8) is 0 Å². The lowest BCUT2D eigenvalue weighted by molar-refractivity contribution is 0.180. The van der Waals surface area contributed by atoms with Gasteiger partial charge in [0, 0.05) is 25.1 Å². The number of methoxy groups -OCH3 is 1. The standard InChI is InChI=1S/C14H26N2O3S2/c1-4-9-15-10-8-13-6-7-14(20-13)21(17,18)16(5-2)11-12-19-3/h6-7,15H,4-5,8-12H2,1-3H3. The molecule has 1 aromatic rings. The molecule has 1 aromatic heterocycles. The van der Waals surface area contributed by atoms with Crippen molar-refractivity contribution in [2.45, 2.75) is 30.9 Å². The van der Waals surface area contributed by atoms with Crippen LogP contribution in [0.1, 0.15) is 25.1 Å². The third-order valence-corrected chi connectivity index (χ3v) is 6.69. The van der Waals surface area contributed by atoms with E-state index < -0.39 is 10.0 Å². The lowest BCUT2D eigenvalue weighted by Crippen LogP contribution is -2.33. The molecule has 0 saturated heterocycles. The maximum absolute atomic E-state index is 12.5. The van der Waals surface area contributed by atoms with Gasteiger partial charge in [0.05, 0.1) is 6.61 Å². The summed E-state index contributed by atoms with van der Waals surface area (Å²) in [6, 6.07) is 3.62. The second kappa shape index (κ2) is 9.53. The second-order valence-corrected chi connectivity index (χ2v) is 8.04. The normalized spacial score (nSPS) is 12.2. The first-order valence-electron chi connectivity index (χ1n) is 7.34. The number of likely N-dealkylation sites (N-methyl/N-ethyl adjacent to an activating group) is 1. The molecule has 7 heteroatoms. The van der Waals surface area contributed by atoms with Gasteiger partial charge in [0.25, 0.3) is 10.0 Å². The van der Waals surface area contributed by atoms with Gasteiger partial charge < -0.3 is 10.1 Å². The van der Waals surface area contributed by atoms with Crippen LogP contribution >= 0.6 is 11.3 Å². The molecule has 122 valence electrons. The molecular formula is C14H26N2O3S2. The highest BCUT2D eigenvalue weighted by Gasteiger charge is 2.24. The van der Waals surface area contributed by atoms with E-state index in [1.54, 1.807) is 13.2 Å². The van der Waals surface area contributed by atoms with E-state index in [9.17, 15) is 8.42 Å². The molecule has 0 aliphatic rings. The number of hydrogen-bond donors (Lipinski definition) is 1.